The molecule has 0 radical (unpaired) electrons. The van der Waals surface area contributed by atoms with E-state index in [1.807, 2.05) is 115 Å². The van der Waals surface area contributed by atoms with Crippen LogP contribution in [0.3, 0.4) is 0 Å². The van der Waals surface area contributed by atoms with E-state index in [4.69, 9.17) is 14.2 Å². The summed E-state index contributed by atoms with van der Waals surface area (Å²) in [5.41, 5.74) is 7.14. The number of nitrogens with one attached hydrogen (secondary N) is 1. The van der Waals surface area contributed by atoms with Gasteiger partial charge in [-0.3, -0.25) is 5.43 Å². The molecule has 0 bridgehead atoms. The number of anilines is 1. The highest BCUT2D eigenvalue weighted by Crippen LogP contribution is 2.24. The van der Waals surface area contributed by atoms with Crippen molar-refractivity contribution in [3.63, 3.8) is 0 Å². The normalized spacial score (nSPS) is 10.9. The maximum Gasteiger partial charge on any atom is 0.203 e. The SMILES string of the molecule is C(=NNc1nc(-c2ccccc2)cs1)c1ccc(OCCCOc2ccc(OCc3ccccc3)cc2)cc1. The van der Waals surface area contributed by atoms with Crippen LogP contribution in [0.4, 0.5) is 5.13 Å². The monoisotopic (exact) mass is 535 g/mol. The number of thiazole rings is 1. The van der Waals surface area contributed by atoms with Gasteiger partial charge in [0, 0.05) is 17.4 Å². The van der Waals surface area contributed by atoms with E-state index in [0.717, 1.165) is 51.2 Å². The predicted molar refractivity (Wildman–Crippen MR) is 158 cm³/mol. The van der Waals surface area contributed by atoms with Gasteiger partial charge in [0.15, 0.2) is 0 Å². The first kappa shape index (κ1) is 26.0. The third-order valence-corrected chi connectivity index (χ3v) is 6.47. The van der Waals surface area contributed by atoms with Crippen LogP contribution in [0.25, 0.3) is 11.3 Å². The number of rotatable bonds is 13. The van der Waals surface area contributed by atoms with Gasteiger partial charge < -0.3 is 14.2 Å². The minimum absolute atomic E-state index is 0.547. The number of aromatic nitrogens is 1. The Hall–Kier alpha value is -4.62. The van der Waals surface area contributed by atoms with Gasteiger partial charge in [-0.05, 0) is 59.7 Å². The van der Waals surface area contributed by atoms with Crippen LogP contribution in [0.5, 0.6) is 17.2 Å². The lowest BCUT2D eigenvalue weighted by Gasteiger charge is -2.10. The second-order valence-electron chi connectivity index (χ2n) is 8.64. The zero-order valence-electron chi connectivity index (χ0n) is 21.4. The van der Waals surface area contributed by atoms with Gasteiger partial charge in [0.05, 0.1) is 25.1 Å². The van der Waals surface area contributed by atoms with Gasteiger partial charge in [0.1, 0.15) is 23.9 Å². The second-order valence-corrected chi connectivity index (χ2v) is 9.50. The topological polar surface area (TPSA) is 65.0 Å². The largest absolute Gasteiger partial charge is 0.493 e. The first-order chi connectivity index (χ1) is 19.3. The van der Waals surface area contributed by atoms with Crippen molar-refractivity contribution in [1.82, 2.24) is 4.98 Å². The number of ether oxygens (including phenoxy) is 3. The summed E-state index contributed by atoms with van der Waals surface area (Å²) in [5.74, 6) is 2.44. The lowest BCUT2D eigenvalue weighted by atomic mass is 10.2. The molecule has 0 aliphatic carbocycles. The molecule has 6 nitrogen and oxygen atoms in total. The molecule has 0 aliphatic rings. The molecule has 0 atom stereocenters. The van der Waals surface area contributed by atoms with Gasteiger partial charge in [0.2, 0.25) is 5.13 Å². The molecule has 1 aromatic heterocycles. The Morgan fingerprint density at radius 2 is 1.28 bits per heavy atom. The van der Waals surface area contributed by atoms with Gasteiger partial charge in [-0.15, -0.1) is 11.3 Å². The fourth-order valence-electron chi connectivity index (χ4n) is 3.69. The van der Waals surface area contributed by atoms with Crippen LogP contribution in [-0.2, 0) is 6.61 Å². The van der Waals surface area contributed by atoms with Crippen molar-refractivity contribution in [2.45, 2.75) is 13.0 Å². The van der Waals surface area contributed by atoms with Crippen LogP contribution in [0, 0.1) is 0 Å². The van der Waals surface area contributed by atoms with Crippen LogP contribution in [0.15, 0.2) is 120 Å². The van der Waals surface area contributed by atoms with Crippen LogP contribution < -0.4 is 19.6 Å². The Morgan fingerprint density at radius 1 is 0.692 bits per heavy atom. The molecule has 0 saturated heterocycles. The number of hydrazone groups is 1. The fourth-order valence-corrected chi connectivity index (χ4v) is 4.36. The summed E-state index contributed by atoms with van der Waals surface area (Å²) in [6.45, 7) is 1.69. The van der Waals surface area contributed by atoms with Crippen LogP contribution in [0.1, 0.15) is 17.5 Å². The minimum Gasteiger partial charge on any atom is -0.493 e. The average Bonchev–Trinajstić information content (AvgIpc) is 3.47. The maximum absolute atomic E-state index is 5.84. The van der Waals surface area contributed by atoms with E-state index in [0.29, 0.717) is 19.8 Å². The molecular weight excluding hydrogens is 506 g/mol. The minimum atomic E-state index is 0.547. The van der Waals surface area contributed by atoms with E-state index in [9.17, 15) is 0 Å². The quantitative estimate of drug-likeness (QED) is 0.0951. The molecule has 39 heavy (non-hydrogen) atoms. The van der Waals surface area contributed by atoms with E-state index >= 15 is 0 Å². The van der Waals surface area contributed by atoms with E-state index in [1.165, 1.54) is 11.3 Å². The Bertz CT molecular complexity index is 1440. The molecule has 196 valence electrons. The van der Waals surface area contributed by atoms with Crippen LogP contribution >= 0.6 is 11.3 Å². The molecule has 0 amide bonds. The third kappa shape index (κ3) is 8.18. The van der Waals surface area contributed by atoms with Crippen molar-refractivity contribution < 1.29 is 14.2 Å². The average molecular weight is 536 g/mol. The van der Waals surface area contributed by atoms with Crippen molar-refractivity contribution in [1.29, 1.82) is 0 Å². The third-order valence-electron chi connectivity index (χ3n) is 5.73. The lowest BCUT2D eigenvalue weighted by molar-refractivity contribution is 0.247. The fraction of sp³-hybridized carbons (Fsp3) is 0.125. The molecule has 1 N–H and O–H groups in total. The van der Waals surface area contributed by atoms with E-state index in [2.05, 4.69) is 15.5 Å². The molecule has 0 saturated carbocycles. The summed E-state index contributed by atoms with van der Waals surface area (Å²) >= 11 is 1.52. The molecule has 0 spiro atoms. The molecule has 0 unspecified atom stereocenters. The molecule has 4 aromatic carbocycles. The molecule has 5 rings (SSSR count). The molecule has 5 aromatic rings. The summed E-state index contributed by atoms with van der Waals surface area (Å²) in [4.78, 5) is 4.57. The highest BCUT2D eigenvalue weighted by molar-refractivity contribution is 7.14. The number of nitrogens with zero attached hydrogens (tertiary/aromatic N) is 2. The van der Waals surface area contributed by atoms with Gasteiger partial charge in [-0.2, -0.15) is 5.10 Å². The molecule has 0 aliphatic heterocycles. The molecule has 7 heteroatoms. The predicted octanol–water partition coefficient (Wildman–Crippen LogP) is 7.68. The van der Waals surface area contributed by atoms with Crippen LogP contribution in [-0.4, -0.2) is 24.4 Å². The molecule has 0 fully saturated rings. The standard InChI is InChI=1S/C32H29N3O3S/c1-3-8-26(9-4-1)23-38-30-18-16-29(17-19-30)37-21-7-20-36-28-14-12-25(13-15-28)22-33-35-32-34-31(24-39-32)27-10-5-2-6-11-27/h1-6,8-19,22,24H,7,20-21,23H2,(H,34,35). The van der Waals surface area contributed by atoms with Crippen molar-refractivity contribution in [3.8, 4) is 28.5 Å². The van der Waals surface area contributed by atoms with Gasteiger partial charge >= 0.3 is 0 Å². The maximum atomic E-state index is 5.84. The van der Waals surface area contributed by atoms with E-state index in [1.54, 1.807) is 6.21 Å². The number of hydrogen-bond donors (Lipinski definition) is 1. The summed E-state index contributed by atoms with van der Waals surface area (Å²) in [6, 6.07) is 35.7. The van der Waals surface area contributed by atoms with Gasteiger partial charge in [-0.25, -0.2) is 4.98 Å². The number of benzene rings is 4. The first-order valence-corrected chi connectivity index (χ1v) is 13.6. The summed E-state index contributed by atoms with van der Waals surface area (Å²) in [6.07, 6.45) is 2.54. The number of hydrogen-bond acceptors (Lipinski definition) is 7. The Morgan fingerprint density at radius 3 is 1.95 bits per heavy atom. The summed E-state index contributed by atoms with van der Waals surface area (Å²) in [7, 11) is 0. The van der Waals surface area contributed by atoms with Gasteiger partial charge in [-0.1, -0.05) is 60.7 Å². The second kappa shape index (κ2) is 13.8. The van der Waals surface area contributed by atoms with E-state index in [-0.39, 0.29) is 0 Å². The Labute approximate surface area is 232 Å². The van der Waals surface area contributed by atoms with Crippen molar-refractivity contribution in [2.75, 3.05) is 18.6 Å². The van der Waals surface area contributed by atoms with Crippen molar-refractivity contribution in [2.24, 2.45) is 5.10 Å². The Balaban J connectivity index is 0.978. The first-order valence-electron chi connectivity index (χ1n) is 12.7. The van der Waals surface area contributed by atoms with Gasteiger partial charge in [0.25, 0.3) is 0 Å². The van der Waals surface area contributed by atoms with Crippen molar-refractivity contribution in [3.05, 3.63) is 126 Å². The van der Waals surface area contributed by atoms with Crippen molar-refractivity contribution >= 4 is 22.7 Å². The van der Waals surface area contributed by atoms with E-state index < -0.39 is 0 Å². The molecular formula is C32H29N3O3S. The Kier molecular flexibility index (Phi) is 9.19. The van der Waals surface area contributed by atoms with Crippen LogP contribution in [0.2, 0.25) is 0 Å². The highest BCUT2D eigenvalue weighted by atomic mass is 32.1. The zero-order chi connectivity index (χ0) is 26.5. The smallest absolute Gasteiger partial charge is 0.203 e. The summed E-state index contributed by atoms with van der Waals surface area (Å²) < 4.78 is 17.5. The molecule has 1 heterocycles. The lowest BCUT2D eigenvalue weighted by Crippen LogP contribution is -2.05. The zero-order valence-corrected chi connectivity index (χ0v) is 22.2. The summed E-state index contributed by atoms with van der Waals surface area (Å²) in [5, 5.41) is 7.07. The highest BCUT2D eigenvalue weighted by Gasteiger charge is 2.03.